The zero-order valence-electron chi connectivity index (χ0n) is 12.0. The van der Waals surface area contributed by atoms with E-state index in [9.17, 15) is 13.2 Å². The number of hydrogen-bond acceptors (Lipinski definition) is 1. The van der Waals surface area contributed by atoms with Crippen LogP contribution < -0.4 is 15.1 Å². The van der Waals surface area contributed by atoms with Crippen molar-refractivity contribution >= 4 is 18.4 Å². The van der Waals surface area contributed by atoms with Crippen molar-refractivity contribution in [3.05, 3.63) is 42.0 Å². The molecule has 5 heteroatoms. The van der Waals surface area contributed by atoms with E-state index in [1.807, 2.05) is 12.1 Å². The van der Waals surface area contributed by atoms with Crippen LogP contribution in [-0.2, 0) is 6.18 Å². The van der Waals surface area contributed by atoms with Gasteiger partial charge in [0, 0.05) is 5.56 Å². The fourth-order valence-corrected chi connectivity index (χ4v) is 6.17. The molecule has 1 nitrogen and oxygen atoms in total. The second-order valence-corrected chi connectivity index (χ2v) is 10.1. The Kier molecular flexibility index (Phi) is 2.95. The number of hydrogen-bond donors (Lipinski definition) is 0. The molecule has 0 fully saturated rings. The van der Waals surface area contributed by atoms with Crippen LogP contribution in [0, 0.1) is 0 Å². The molecule has 0 aromatic heterocycles. The average Bonchev–Trinajstić information content (AvgIpc) is 2.66. The minimum Gasteiger partial charge on any atom is -0.496 e. The first-order valence-corrected chi connectivity index (χ1v) is 9.66. The van der Waals surface area contributed by atoms with Crippen molar-refractivity contribution in [3.8, 4) is 16.9 Å². The predicted octanol–water partition coefficient (Wildman–Crippen LogP) is 3.52. The highest BCUT2D eigenvalue weighted by atomic mass is 28.3. The summed E-state index contributed by atoms with van der Waals surface area (Å²) in [4.78, 5) is 0. The highest BCUT2D eigenvalue weighted by molar-refractivity contribution is 7.03. The van der Waals surface area contributed by atoms with Crippen molar-refractivity contribution < 1.29 is 17.9 Å². The molecule has 1 aliphatic rings. The first-order valence-electron chi connectivity index (χ1n) is 6.66. The summed E-state index contributed by atoms with van der Waals surface area (Å²) < 4.78 is 44.3. The lowest BCUT2D eigenvalue weighted by molar-refractivity contribution is -0.137. The van der Waals surface area contributed by atoms with E-state index in [4.69, 9.17) is 4.74 Å². The van der Waals surface area contributed by atoms with E-state index in [1.165, 1.54) is 12.1 Å². The van der Waals surface area contributed by atoms with Gasteiger partial charge in [0.1, 0.15) is 13.8 Å². The Labute approximate surface area is 122 Å². The minimum atomic E-state index is -4.33. The van der Waals surface area contributed by atoms with Gasteiger partial charge in [0.05, 0.1) is 12.7 Å². The molecule has 0 unspecified atom stereocenters. The number of alkyl halides is 3. The van der Waals surface area contributed by atoms with Gasteiger partial charge in [-0.15, -0.1) is 0 Å². The van der Waals surface area contributed by atoms with E-state index in [-0.39, 0.29) is 0 Å². The molecule has 1 aliphatic heterocycles. The molecule has 21 heavy (non-hydrogen) atoms. The fourth-order valence-electron chi connectivity index (χ4n) is 3.12. The summed E-state index contributed by atoms with van der Waals surface area (Å²) in [6, 6.07) is 9.81. The van der Waals surface area contributed by atoms with E-state index >= 15 is 0 Å². The molecule has 2 aromatic carbocycles. The van der Waals surface area contributed by atoms with Crippen molar-refractivity contribution in [2.24, 2.45) is 0 Å². The van der Waals surface area contributed by atoms with Gasteiger partial charge in [0.15, 0.2) is 0 Å². The van der Waals surface area contributed by atoms with Gasteiger partial charge < -0.3 is 4.74 Å². The molecule has 0 saturated carbocycles. The van der Waals surface area contributed by atoms with Crippen molar-refractivity contribution in [1.82, 2.24) is 0 Å². The summed E-state index contributed by atoms with van der Waals surface area (Å²) in [6.45, 7) is 4.31. The molecule has 2 aromatic rings. The zero-order valence-corrected chi connectivity index (χ0v) is 13.0. The molecule has 0 aliphatic carbocycles. The highest BCUT2D eigenvalue weighted by Crippen LogP contribution is 2.38. The maximum atomic E-state index is 13.0. The third-order valence-electron chi connectivity index (χ3n) is 4.21. The first kappa shape index (κ1) is 14.2. The largest absolute Gasteiger partial charge is 0.496 e. The van der Waals surface area contributed by atoms with E-state index < -0.39 is 19.8 Å². The van der Waals surface area contributed by atoms with Gasteiger partial charge in [0.2, 0.25) is 0 Å². The molecule has 0 saturated heterocycles. The second-order valence-electron chi connectivity index (χ2n) is 5.77. The van der Waals surface area contributed by atoms with Gasteiger partial charge in [-0.1, -0.05) is 37.4 Å². The summed E-state index contributed by atoms with van der Waals surface area (Å²) in [5, 5.41) is 2.17. The van der Waals surface area contributed by atoms with Crippen molar-refractivity contribution in [2.45, 2.75) is 19.3 Å². The monoisotopic (exact) mass is 308 g/mol. The Morgan fingerprint density at radius 1 is 1.00 bits per heavy atom. The number of methoxy groups -OCH3 is 1. The second kappa shape index (κ2) is 4.37. The van der Waals surface area contributed by atoms with Gasteiger partial charge >= 0.3 is 6.18 Å². The van der Waals surface area contributed by atoms with Crippen LogP contribution in [0.5, 0.6) is 5.75 Å². The quantitative estimate of drug-likeness (QED) is 0.733. The summed E-state index contributed by atoms with van der Waals surface area (Å²) in [6.07, 6.45) is -4.33. The van der Waals surface area contributed by atoms with E-state index in [0.717, 1.165) is 15.9 Å². The van der Waals surface area contributed by atoms with E-state index in [1.54, 1.807) is 19.2 Å². The molecule has 1 heterocycles. The first-order chi connectivity index (χ1) is 9.76. The maximum Gasteiger partial charge on any atom is 0.416 e. The van der Waals surface area contributed by atoms with Crippen molar-refractivity contribution in [3.63, 3.8) is 0 Å². The average molecular weight is 308 g/mol. The molecular formula is C16H15F3OSi. The Hall–Kier alpha value is -1.75. The van der Waals surface area contributed by atoms with Crippen LogP contribution in [0.4, 0.5) is 13.2 Å². The maximum absolute atomic E-state index is 13.0. The van der Waals surface area contributed by atoms with Crippen LogP contribution in [0.25, 0.3) is 11.1 Å². The fraction of sp³-hybridized carbons (Fsp3) is 0.250. The van der Waals surface area contributed by atoms with Crippen molar-refractivity contribution in [2.75, 3.05) is 7.11 Å². The predicted molar refractivity (Wildman–Crippen MR) is 80.2 cm³/mol. The van der Waals surface area contributed by atoms with Crippen molar-refractivity contribution in [1.29, 1.82) is 0 Å². The Balaban J connectivity index is 2.34. The van der Waals surface area contributed by atoms with Crippen LogP contribution >= 0.6 is 0 Å². The molecule has 0 amide bonds. The number of benzene rings is 2. The molecule has 0 N–H and O–H groups in total. The van der Waals surface area contributed by atoms with Crippen LogP contribution in [0.2, 0.25) is 13.1 Å². The summed E-state index contributed by atoms with van der Waals surface area (Å²) in [5.74, 6) is 0.645. The summed E-state index contributed by atoms with van der Waals surface area (Å²) in [7, 11) is -0.407. The third kappa shape index (κ3) is 1.99. The van der Waals surface area contributed by atoms with Gasteiger partial charge in [-0.3, -0.25) is 0 Å². The van der Waals surface area contributed by atoms with E-state index in [0.29, 0.717) is 11.3 Å². The molecule has 0 bridgehead atoms. The third-order valence-corrected chi connectivity index (χ3v) is 7.76. The van der Waals surface area contributed by atoms with Gasteiger partial charge in [-0.2, -0.15) is 13.2 Å². The van der Waals surface area contributed by atoms with Gasteiger partial charge in [0.25, 0.3) is 0 Å². The SMILES string of the molecule is COc1cccc2c1-c1cc(C(F)(F)F)ccc1[Si]2(C)C. The lowest BCUT2D eigenvalue weighted by atomic mass is 10.0. The topological polar surface area (TPSA) is 9.23 Å². The Bertz CT molecular complexity index is 720. The van der Waals surface area contributed by atoms with Gasteiger partial charge in [-0.05, 0) is 28.1 Å². The van der Waals surface area contributed by atoms with Crippen LogP contribution in [0.15, 0.2) is 36.4 Å². The number of fused-ring (bicyclic) bond motifs is 3. The Morgan fingerprint density at radius 2 is 1.71 bits per heavy atom. The number of ether oxygens (including phenoxy) is 1. The smallest absolute Gasteiger partial charge is 0.416 e. The number of rotatable bonds is 1. The lowest BCUT2D eigenvalue weighted by Gasteiger charge is -2.19. The molecular weight excluding hydrogens is 293 g/mol. The highest BCUT2D eigenvalue weighted by Gasteiger charge is 2.41. The lowest BCUT2D eigenvalue weighted by Crippen LogP contribution is -2.49. The van der Waals surface area contributed by atoms with Gasteiger partial charge in [-0.25, -0.2) is 0 Å². The molecule has 0 atom stereocenters. The Morgan fingerprint density at radius 3 is 2.33 bits per heavy atom. The van der Waals surface area contributed by atoms with Crippen LogP contribution in [-0.4, -0.2) is 15.2 Å². The summed E-state index contributed by atoms with van der Waals surface area (Å²) >= 11 is 0. The number of halogens is 3. The molecule has 3 rings (SSSR count). The standard InChI is InChI=1S/C16H15F3OSi/c1-20-12-5-4-6-14-15(12)11-9-10(16(17,18)19)7-8-13(11)21(14,2)3/h4-9H,1-3H3. The van der Waals surface area contributed by atoms with E-state index in [2.05, 4.69) is 13.1 Å². The molecule has 0 spiro atoms. The summed E-state index contributed by atoms with van der Waals surface area (Å²) in [5.41, 5.74) is 0.900. The molecule has 110 valence electrons. The zero-order chi connectivity index (χ0) is 15.4. The van der Waals surface area contributed by atoms with Crippen LogP contribution in [0.1, 0.15) is 5.56 Å². The minimum absolute atomic E-state index is 0.607. The normalized spacial score (nSPS) is 15.5. The molecule has 0 radical (unpaired) electrons. The van der Waals surface area contributed by atoms with Crippen LogP contribution in [0.3, 0.4) is 0 Å².